The number of nitrogen functional groups attached to an aromatic ring is 1. The van der Waals surface area contributed by atoms with Crippen molar-refractivity contribution in [3.8, 4) is 0 Å². The molecule has 13 heteroatoms. The van der Waals surface area contributed by atoms with Gasteiger partial charge in [-0.25, -0.2) is 4.98 Å². The zero-order valence-electron chi connectivity index (χ0n) is 36.1. The number of nitrogens with zero attached hydrogens (tertiary/aromatic N) is 3. The molecule has 3 rings (SSSR count). The van der Waals surface area contributed by atoms with Gasteiger partial charge in [-0.05, 0) is 102 Å². The van der Waals surface area contributed by atoms with Crippen LogP contribution in [0.15, 0.2) is 29.6 Å². The molecule has 1 aliphatic heterocycles. The normalized spacial score (nSPS) is 17.7. The van der Waals surface area contributed by atoms with Gasteiger partial charge in [0.25, 0.3) is 0 Å². The molecular weight excluding hydrogens is 741 g/mol. The number of benzene rings is 1. The Kier molecular flexibility index (Phi) is 19.4. The van der Waals surface area contributed by atoms with E-state index in [4.69, 9.17) is 15.5 Å². The molecule has 320 valence electrons. The lowest BCUT2D eigenvalue weighted by molar-refractivity contribution is -0.149. The zero-order chi connectivity index (χ0) is 42.3. The van der Waals surface area contributed by atoms with Crippen molar-refractivity contribution in [2.45, 2.75) is 144 Å². The SMILES string of the molecule is CCCCCCN(C(=O)[C@H](C(=O)N[C@H]1CCCCN1C)[C@@H](C)CC)[C@H](C[C@@H](OCC)c1nc(NC(=O)[C@@H](Cc2ccc(N)cc2)CC(C)(C)C(=O)O)cs1)C(C)C. The average molecular weight is 813 g/mol. The largest absolute Gasteiger partial charge is 0.481 e. The Hall–Kier alpha value is -3.55. The first-order chi connectivity index (χ1) is 27.0. The molecule has 0 saturated carbocycles. The third-order valence-electron chi connectivity index (χ3n) is 11.6. The number of aromatic nitrogens is 1. The maximum Gasteiger partial charge on any atom is 0.309 e. The van der Waals surface area contributed by atoms with Crippen LogP contribution in [-0.2, 0) is 30.3 Å². The number of unbranched alkanes of at least 4 members (excludes halogenated alkanes) is 3. The van der Waals surface area contributed by atoms with Gasteiger partial charge < -0.3 is 31.1 Å². The Balaban J connectivity index is 1.91. The molecule has 0 spiro atoms. The first kappa shape index (κ1) is 47.8. The Morgan fingerprint density at radius 2 is 1.75 bits per heavy atom. The molecule has 3 amide bonds. The van der Waals surface area contributed by atoms with E-state index in [0.29, 0.717) is 48.9 Å². The number of hydrogen-bond acceptors (Lipinski definition) is 9. The van der Waals surface area contributed by atoms with Crippen molar-refractivity contribution in [2.75, 3.05) is 37.8 Å². The van der Waals surface area contributed by atoms with E-state index in [2.05, 4.69) is 36.3 Å². The predicted molar refractivity (Wildman–Crippen MR) is 230 cm³/mol. The predicted octanol–water partition coefficient (Wildman–Crippen LogP) is 8.15. The van der Waals surface area contributed by atoms with E-state index in [1.54, 1.807) is 31.4 Å². The zero-order valence-corrected chi connectivity index (χ0v) is 37.0. The first-order valence-electron chi connectivity index (χ1n) is 21.3. The van der Waals surface area contributed by atoms with E-state index in [9.17, 15) is 24.3 Å². The lowest BCUT2D eigenvalue weighted by Crippen LogP contribution is -2.56. The van der Waals surface area contributed by atoms with Crippen LogP contribution in [-0.4, -0.2) is 82.5 Å². The fraction of sp³-hybridized carbons (Fsp3) is 0.705. The summed E-state index contributed by atoms with van der Waals surface area (Å²) in [6.07, 6.45) is 8.08. The van der Waals surface area contributed by atoms with Crippen LogP contribution in [0.3, 0.4) is 0 Å². The minimum absolute atomic E-state index is 0.0547. The van der Waals surface area contributed by atoms with E-state index in [-0.39, 0.29) is 48.2 Å². The molecule has 12 nitrogen and oxygen atoms in total. The number of nitrogens with two attached hydrogens (primary N) is 1. The number of carboxylic acid groups (broad SMARTS) is 1. The lowest BCUT2D eigenvalue weighted by Gasteiger charge is -2.40. The summed E-state index contributed by atoms with van der Waals surface area (Å²) in [6, 6.07) is 7.01. The number of anilines is 2. The van der Waals surface area contributed by atoms with Gasteiger partial charge in [0.1, 0.15) is 22.8 Å². The van der Waals surface area contributed by atoms with Crippen LogP contribution < -0.4 is 16.4 Å². The molecule has 0 aliphatic carbocycles. The van der Waals surface area contributed by atoms with Crippen LogP contribution in [0.1, 0.15) is 136 Å². The van der Waals surface area contributed by atoms with Gasteiger partial charge in [0, 0.05) is 42.6 Å². The number of carbonyl (C=O) groups is 4. The van der Waals surface area contributed by atoms with Crippen molar-refractivity contribution in [3.05, 3.63) is 40.2 Å². The highest BCUT2D eigenvalue weighted by atomic mass is 32.1. The van der Waals surface area contributed by atoms with E-state index < -0.39 is 29.3 Å². The number of likely N-dealkylation sites (tertiary alicyclic amines) is 1. The molecule has 2 heterocycles. The minimum Gasteiger partial charge on any atom is -0.481 e. The molecule has 1 fully saturated rings. The summed E-state index contributed by atoms with van der Waals surface area (Å²) < 4.78 is 6.35. The van der Waals surface area contributed by atoms with Crippen molar-refractivity contribution in [1.29, 1.82) is 0 Å². The van der Waals surface area contributed by atoms with Crippen molar-refractivity contribution >= 4 is 46.5 Å². The number of thiazole rings is 1. The second-order valence-electron chi connectivity index (χ2n) is 17.0. The van der Waals surface area contributed by atoms with Crippen LogP contribution in [0.2, 0.25) is 0 Å². The Morgan fingerprint density at radius 3 is 2.35 bits per heavy atom. The summed E-state index contributed by atoms with van der Waals surface area (Å²) in [5, 5.41) is 18.6. The van der Waals surface area contributed by atoms with Gasteiger partial charge in [-0.2, -0.15) is 0 Å². The number of amides is 3. The average Bonchev–Trinajstić information content (AvgIpc) is 3.63. The summed E-state index contributed by atoms with van der Waals surface area (Å²) in [7, 11) is 2.03. The maximum atomic E-state index is 14.9. The number of ether oxygens (including phenoxy) is 1. The molecule has 1 saturated heterocycles. The second-order valence-corrected chi connectivity index (χ2v) is 17.9. The van der Waals surface area contributed by atoms with Crippen molar-refractivity contribution < 1.29 is 29.0 Å². The van der Waals surface area contributed by atoms with Crippen molar-refractivity contribution in [3.63, 3.8) is 0 Å². The molecule has 5 N–H and O–H groups in total. The summed E-state index contributed by atoms with van der Waals surface area (Å²) in [6.45, 7) is 17.5. The highest BCUT2D eigenvalue weighted by molar-refractivity contribution is 7.10. The summed E-state index contributed by atoms with van der Waals surface area (Å²) in [5.41, 5.74) is 6.24. The highest BCUT2D eigenvalue weighted by Crippen LogP contribution is 2.34. The number of carboxylic acids is 1. The topological polar surface area (TPSA) is 167 Å². The maximum absolute atomic E-state index is 14.9. The van der Waals surface area contributed by atoms with E-state index in [1.807, 2.05) is 44.9 Å². The minimum atomic E-state index is -1.13. The standard InChI is InChI=1S/C44H72N6O6S/c1-10-13-14-16-24-50(42(53)38(30(6)11-2)40(52)48-37-18-15-17-23-49(37)9)34(29(4)5)26-35(56-12-3)41-47-36(28-57-41)46-39(51)32(27-44(7,8)43(54)55)25-31-19-21-33(45)22-20-31/h19-22,28-30,32,34-35,37-38H,10-18,23-27,45H2,1-9H3,(H,46,51)(H,48,52)(H,54,55)/t30-,32-,34+,35+,37+,38-/m0/s1. The van der Waals surface area contributed by atoms with Crippen molar-refractivity contribution in [1.82, 2.24) is 20.1 Å². The van der Waals surface area contributed by atoms with Crippen LogP contribution in [0.25, 0.3) is 0 Å². The molecule has 6 atom stereocenters. The molecule has 1 aliphatic rings. The Labute approximate surface area is 346 Å². The molecule has 0 bridgehead atoms. The number of rotatable bonds is 24. The quantitative estimate of drug-likeness (QED) is 0.0465. The van der Waals surface area contributed by atoms with E-state index >= 15 is 0 Å². The van der Waals surface area contributed by atoms with Crippen LogP contribution in [0.4, 0.5) is 11.5 Å². The number of hydrogen-bond donors (Lipinski definition) is 4. The number of carbonyl (C=O) groups excluding carboxylic acids is 3. The third-order valence-corrected chi connectivity index (χ3v) is 12.5. The number of nitrogens with one attached hydrogen (secondary N) is 2. The number of piperidine rings is 1. The monoisotopic (exact) mass is 813 g/mol. The van der Waals surface area contributed by atoms with E-state index in [0.717, 1.165) is 57.1 Å². The fourth-order valence-electron chi connectivity index (χ4n) is 7.73. The summed E-state index contributed by atoms with van der Waals surface area (Å²) in [5.74, 6) is -2.78. The van der Waals surface area contributed by atoms with Gasteiger partial charge in [-0.1, -0.05) is 72.4 Å². The van der Waals surface area contributed by atoms with Crippen LogP contribution >= 0.6 is 11.3 Å². The number of aliphatic carboxylic acids is 1. The van der Waals surface area contributed by atoms with Gasteiger partial charge in [-0.15, -0.1) is 11.3 Å². The van der Waals surface area contributed by atoms with Gasteiger partial charge in [0.15, 0.2) is 0 Å². The van der Waals surface area contributed by atoms with E-state index in [1.165, 1.54) is 11.3 Å². The lowest BCUT2D eigenvalue weighted by atomic mass is 9.80. The fourth-order valence-corrected chi connectivity index (χ4v) is 8.54. The first-order valence-corrected chi connectivity index (χ1v) is 22.2. The van der Waals surface area contributed by atoms with Crippen LogP contribution in [0.5, 0.6) is 0 Å². The summed E-state index contributed by atoms with van der Waals surface area (Å²) >= 11 is 1.38. The Morgan fingerprint density at radius 1 is 1.05 bits per heavy atom. The molecule has 2 aromatic rings. The molecule has 1 aromatic heterocycles. The highest BCUT2D eigenvalue weighted by Gasteiger charge is 2.40. The third kappa shape index (κ3) is 14.4. The smallest absolute Gasteiger partial charge is 0.309 e. The molecule has 0 radical (unpaired) electrons. The van der Waals surface area contributed by atoms with Gasteiger partial charge in [0.05, 0.1) is 11.6 Å². The molecule has 57 heavy (non-hydrogen) atoms. The van der Waals surface area contributed by atoms with Gasteiger partial charge >= 0.3 is 5.97 Å². The summed E-state index contributed by atoms with van der Waals surface area (Å²) in [4.78, 5) is 63.9. The molecule has 0 unspecified atom stereocenters. The molecule has 1 aromatic carbocycles. The van der Waals surface area contributed by atoms with Gasteiger partial charge in [-0.3, -0.25) is 24.1 Å². The van der Waals surface area contributed by atoms with Gasteiger partial charge in [0.2, 0.25) is 17.7 Å². The second kappa shape index (κ2) is 23.1. The molecular formula is C44H72N6O6S. The van der Waals surface area contributed by atoms with Crippen LogP contribution in [0, 0.1) is 29.1 Å². The Bertz CT molecular complexity index is 1560. The van der Waals surface area contributed by atoms with Crippen molar-refractivity contribution in [2.24, 2.45) is 29.1 Å².